The number of amides is 2. The van der Waals surface area contributed by atoms with Gasteiger partial charge in [0.15, 0.2) is 0 Å². The molecule has 0 radical (unpaired) electrons. The van der Waals surface area contributed by atoms with Crippen molar-refractivity contribution in [3.8, 4) is 5.75 Å². The first kappa shape index (κ1) is 17.5. The van der Waals surface area contributed by atoms with Crippen molar-refractivity contribution in [2.45, 2.75) is 44.9 Å². The Morgan fingerprint density at radius 1 is 1.30 bits per heavy atom. The molecule has 7 heteroatoms. The fourth-order valence-electron chi connectivity index (χ4n) is 2.87. The Kier molecular flexibility index (Phi) is 6.58. The first-order valence-electron chi connectivity index (χ1n) is 7.78. The molecule has 2 unspecified atom stereocenters. The van der Waals surface area contributed by atoms with Gasteiger partial charge in [-0.15, -0.1) is 0 Å². The number of ether oxygens (including phenoxy) is 1. The standard InChI is InChI=1S/C16H22F2N2O3/c17-15(18)23-14-8-4-2-5-11(14)9-19-16(22)20-13-7-3-1-6-12(13)10-21/h2,4-5,8,12-13,15,21H,1,3,6-7,9-10H2,(H2,19,20,22). The Hall–Kier alpha value is -1.89. The van der Waals surface area contributed by atoms with Crippen molar-refractivity contribution < 1.29 is 23.4 Å². The summed E-state index contributed by atoms with van der Waals surface area (Å²) in [5.74, 6) is 0.123. The molecule has 1 fully saturated rings. The number of hydrogen-bond acceptors (Lipinski definition) is 3. The SMILES string of the molecule is O=C(NCc1ccccc1OC(F)F)NC1CCCCC1CO. The topological polar surface area (TPSA) is 70.6 Å². The van der Waals surface area contributed by atoms with Crippen LogP contribution in [0, 0.1) is 5.92 Å². The zero-order valence-corrected chi connectivity index (χ0v) is 12.8. The molecule has 2 atom stereocenters. The van der Waals surface area contributed by atoms with E-state index in [1.54, 1.807) is 18.2 Å². The summed E-state index contributed by atoms with van der Waals surface area (Å²) in [4.78, 5) is 12.0. The number of aliphatic hydroxyl groups is 1. The minimum Gasteiger partial charge on any atom is -0.434 e. The van der Waals surface area contributed by atoms with E-state index >= 15 is 0 Å². The molecular formula is C16H22F2N2O3. The first-order valence-corrected chi connectivity index (χ1v) is 7.78. The number of benzene rings is 1. The summed E-state index contributed by atoms with van der Waals surface area (Å²) < 4.78 is 29.1. The molecule has 5 nitrogen and oxygen atoms in total. The number of carbonyl (C=O) groups excluding carboxylic acids is 1. The molecule has 1 aromatic rings. The van der Waals surface area contributed by atoms with Gasteiger partial charge < -0.3 is 20.5 Å². The number of para-hydroxylation sites is 1. The summed E-state index contributed by atoms with van der Waals surface area (Å²) in [5, 5.41) is 14.8. The molecule has 0 saturated heterocycles. The van der Waals surface area contributed by atoms with Crippen LogP contribution in [-0.2, 0) is 6.54 Å². The summed E-state index contributed by atoms with van der Waals surface area (Å²) in [6.45, 7) is -2.76. The lowest BCUT2D eigenvalue weighted by Gasteiger charge is -2.30. The zero-order valence-electron chi connectivity index (χ0n) is 12.8. The van der Waals surface area contributed by atoms with Crippen LogP contribution in [0.1, 0.15) is 31.2 Å². The third-order valence-corrected chi connectivity index (χ3v) is 4.09. The number of hydrogen-bond donors (Lipinski definition) is 3. The molecule has 1 aromatic carbocycles. The van der Waals surface area contributed by atoms with E-state index in [0.717, 1.165) is 25.7 Å². The van der Waals surface area contributed by atoms with Crippen LogP contribution < -0.4 is 15.4 Å². The Morgan fingerprint density at radius 2 is 2.04 bits per heavy atom. The van der Waals surface area contributed by atoms with Crippen LogP contribution in [0.15, 0.2) is 24.3 Å². The fraction of sp³-hybridized carbons (Fsp3) is 0.562. The Balaban J connectivity index is 1.87. The molecule has 0 heterocycles. The monoisotopic (exact) mass is 328 g/mol. The molecule has 0 bridgehead atoms. The molecule has 1 aliphatic carbocycles. The van der Waals surface area contributed by atoms with Crippen molar-refractivity contribution >= 4 is 6.03 Å². The number of rotatable bonds is 6. The normalized spacial score (nSPS) is 21.0. The lowest BCUT2D eigenvalue weighted by atomic mass is 9.85. The van der Waals surface area contributed by atoms with E-state index in [9.17, 15) is 18.7 Å². The van der Waals surface area contributed by atoms with Crippen LogP contribution in [-0.4, -0.2) is 30.4 Å². The number of halogens is 2. The summed E-state index contributed by atoms with van der Waals surface area (Å²) in [5.41, 5.74) is 0.477. The smallest absolute Gasteiger partial charge is 0.387 e. The van der Waals surface area contributed by atoms with Crippen molar-refractivity contribution in [3.63, 3.8) is 0 Å². The van der Waals surface area contributed by atoms with Crippen molar-refractivity contribution in [1.29, 1.82) is 0 Å². The van der Waals surface area contributed by atoms with Crippen molar-refractivity contribution in [3.05, 3.63) is 29.8 Å². The van der Waals surface area contributed by atoms with Crippen molar-refractivity contribution in [2.75, 3.05) is 6.61 Å². The summed E-state index contributed by atoms with van der Waals surface area (Å²) >= 11 is 0. The number of aliphatic hydroxyl groups excluding tert-OH is 1. The van der Waals surface area contributed by atoms with Gasteiger partial charge in [-0.2, -0.15) is 8.78 Å². The van der Waals surface area contributed by atoms with Gasteiger partial charge >= 0.3 is 12.6 Å². The van der Waals surface area contributed by atoms with E-state index in [2.05, 4.69) is 15.4 Å². The minimum absolute atomic E-state index is 0.0497. The highest BCUT2D eigenvalue weighted by molar-refractivity contribution is 5.74. The molecular weight excluding hydrogens is 306 g/mol. The average molecular weight is 328 g/mol. The highest BCUT2D eigenvalue weighted by atomic mass is 19.3. The second kappa shape index (κ2) is 8.67. The molecule has 2 rings (SSSR count). The van der Waals surface area contributed by atoms with Gasteiger partial charge in [0.05, 0.1) is 0 Å². The predicted molar refractivity (Wildman–Crippen MR) is 81.3 cm³/mol. The van der Waals surface area contributed by atoms with Crippen LogP contribution >= 0.6 is 0 Å². The van der Waals surface area contributed by atoms with Gasteiger partial charge in [-0.05, 0) is 18.9 Å². The van der Waals surface area contributed by atoms with Gasteiger partial charge in [0.1, 0.15) is 5.75 Å². The summed E-state index contributed by atoms with van der Waals surface area (Å²) in [6, 6.07) is 5.91. The number of carbonyl (C=O) groups is 1. The largest absolute Gasteiger partial charge is 0.434 e. The molecule has 0 spiro atoms. The van der Waals surface area contributed by atoms with Gasteiger partial charge in [0, 0.05) is 30.7 Å². The summed E-state index contributed by atoms with van der Waals surface area (Å²) in [6.07, 6.45) is 3.81. The third kappa shape index (κ3) is 5.35. The molecule has 128 valence electrons. The third-order valence-electron chi connectivity index (χ3n) is 4.09. The quantitative estimate of drug-likeness (QED) is 0.752. The second-order valence-electron chi connectivity index (χ2n) is 5.65. The van der Waals surface area contributed by atoms with Gasteiger partial charge in [-0.1, -0.05) is 31.0 Å². The Bertz CT molecular complexity index is 514. The number of urea groups is 1. The lowest BCUT2D eigenvalue weighted by molar-refractivity contribution is -0.0504. The second-order valence-corrected chi connectivity index (χ2v) is 5.65. The predicted octanol–water partition coefficient (Wildman–Crippen LogP) is 2.64. The maximum Gasteiger partial charge on any atom is 0.387 e. The number of alkyl halides is 2. The maximum absolute atomic E-state index is 12.3. The van der Waals surface area contributed by atoms with E-state index in [-0.39, 0.29) is 36.9 Å². The lowest BCUT2D eigenvalue weighted by Crippen LogP contribution is -2.47. The van der Waals surface area contributed by atoms with E-state index in [4.69, 9.17) is 0 Å². The molecule has 0 aliphatic heterocycles. The minimum atomic E-state index is -2.91. The zero-order chi connectivity index (χ0) is 16.7. The molecule has 2 amide bonds. The van der Waals surface area contributed by atoms with Crippen LogP contribution in [0.2, 0.25) is 0 Å². The van der Waals surface area contributed by atoms with Crippen LogP contribution in [0.3, 0.4) is 0 Å². The van der Waals surface area contributed by atoms with Crippen LogP contribution in [0.5, 0.6) is 5.75 Å². The molecule has 23 heavy (non-hydrogen) atoms. The fourth-order valence-corrected chi connectivity index (χ4v) is 2.87. The van der Waals surface area contributed by atoms with E-state index in [0.29, 0.717) is 5.56 Å². The Labute approximate surface area is 134 Å². The highest BCUT2D eigenvalue weighted by Crippen LogP contribution is 2.24. The van der Waals surface area contributed by atoms with Gasteiger partial charge in [-0.25, -0.2) is 4.79 Å². The summed E-state index contributed by atoms with van der Waals surface area (Å²) in [7, 11) is 0. The average Bonchev–Trinajstić information content (AvgIpc) is 2.54. The first-order chi connectivity index (χ1) is 11.1. The van der Waals surface area contributed by atoms with E-state index < -0.39 is 6.61 Å². The molecule has 1 saturated carbocycles. The van der Waals surface area contributed by atoms with Gasteiger partial charge in [0.25, 0.3) is 0 Å². The Morgan fingerprint density at radius 3 is 2.78 bits per heavy atom. The maximum atomic E-state index is 12.3. The van der Waals surface area contributed by atoms with Crippen molar-refractivity contribution in [2.24, 2.45) is 5.92 Å². The van der Waals surface area contributed by atoms with E-state index in [1.807, 2.05) is 0 Å². The molecule has 0 aromatic heterocycles. The number of nitrogens with one attached hydrogen (secondary N) is 2. The van der Waals surface area contributed by atoms with Gasteiger partial charge in [-0.3, -0.25) is 0 Å². The van der Waals surface area contributed by atoms with Gasteiger partial charge in [0.2, 0.25) is 0 Å². The van der Waals surface area contributed by atoms with Crippen molar-refractivity contribution in [1.82, 2.24) is 10.6 Å². The molecule has 1 aliphatic rings. The van der Waals surface area contributed by atoms with E-state index in [1.165, 1.54) is 6.07 Å². The van der Waals surface area contributed by atoms with Crippen LogP contribution in [0.4, 0.5) is 13.6 Å². The van der Waals surface area contributed by atoms with Crippen LogP contribution in [0.25, 0.3) is 0 Å². The molecule has 3 N–H and O–H groups in total. The highest BCUT2D eigenvalue weighted by Gasteiger charge is 2.25.